The summed E-state index contributed by atoms with van der Waals surface area (Å²) >= 11 is 0. The molecule has 0 aliphatic rings. The second-order valence-electron chi connectivity index (χ2n) is 6.74. The van der Waals surface area contributed by atoms with Crippen LogP contribution in [-0.4, -0.2) is 14.7 Å². The van der Waals surface area contributed by atoms with Gasteiger partial charge in [-0.25, -0.2) is 4.98 Å². The van der Waals surface area contributed by atoms with Crippen molar-refractivity contribution in [1.29, 1.82) is 0 Å². The molecule has 1 N–H and O–H groups in total. The molecule has 3 aromatic carbocycles. The molecule has 1 atom stereocenters. The number of aryl methyl sites for hydroxylation is 1. The third kappa shape index (κ3) is 2.52. The predicted molar refractivity (Wildman–Crippen MR) is 105 cm³/mol. The minimum Gasteiger partial charge on any atom is -0.380 e. The Balaban J connectivity index is 1.93. The lowest BCUT2D eigenvalue weighted by atomic mass is 9.76. The van der Waals surface area contributed by atoms with Crippen LogP contribution in [-0.2, 0) is 12.6 Å². The lowest BCUT2D eigenvalue weighted by Gasteiger charge is -2.35. The number of aromatic nitrogens is 2. The van der Waals surface area contributed by atoms with Gasteiger partial charge in [0.25, 0.3) is 0 Å². The van der Waals surface area contributed by atoms with Crippen molar-refractivity contribution in [3.63, 3.8) is 0 Å². The first-order chi connectivity index (χ1) is 12.6. The van der Waals surface area contributed by atoms with Crippen LogP contribution in [0.3, 0.4) is 0 Å². The second kappa shape index (κ2) is 6.43. The number of hydrogen-bond donors (Lipinski definition) is 1. The molecule has 0 aliphatic heterocycles. The van der Waals surface area contributed by atoms with E-state index in [0.717, 1.165) is 28.0 Å². The monoisotopic (exact) mass is 342 g/mol. The van der Waals surface area contributed by atoms with Crippen molar-refractivity contribution in [3.05, 3.63) is 102 Å². The van der Waals surface area contributed by atoms with Gasteiger partial charge in [-0.05, 0) is 23.3 Å². The Morgan fingerprint density at radius 3 is 1.85 bits per heavy atom. The summed E-state index contributed by atoms with van der Waals surface area (Å²) in [6.45, 7) is 2.04. The molecule has 0 aliphatic carbocycles. The van der Waals surface area contributed by atoms with E-state index in [9.17, 15) is 5.11 Å². The van der Waals surface area contributed by atoms with Crippen LogP contribution >= 0.6 is 0 Å². The maximum atomic E-state index is 12.0. The molecule has 0 radical (unpaired) electrons. The molecule has 0 fully saturated rings. The Morgan fingerprint density at radius 2 is 1.31 bits per heavy atom. The molecule has 0 spiro atoms. The number of benzene rings is 3. The zero-order chi connectivity index (χ0) is 18.1. The van der Waals surface area contributed by atoms with E-state index in [1.54, 1.807) is 0 Å². The topological polar surface area (TPSA) is 38.0 Å². The van der Waals surface area contributed by atoms with Crippen molar-refractivity contribution >= 4 is 11.0 Å². The molecular formula is C23H22N2O. The molecule has 3 heteroatoms. The lowest BCUT2D eigenvalue weighted by Crippen LogP contribution is -2.34. The normalized spacial score (nSPS) is 13.0. The fourth-order valence-corrected chi connectivity index (χ4v) is 3.79. The van der Waals surface area contributed by atoms with Crippen molar-refractivity contribution in [3.8, 4) is 0 Å². The van der Waals surface area contributed by atoms with Crippen LogP contribution in [0.15, 0.2) is 84.9 Å². The molecule has 1 aromatic heterocycles. The number of aliphatic hydroxyl groups is 1. The first-order valence-corrected chi connectivity index (χ1v) is 8.87. The summed E-state index contributed by atoms with van der Waals surface area (Å²) in [6, 6.07) is 27.8. The average Bonchev–Trinajstić information content (AvgIpc) is 3.05. The van der Waals surface area contributed by atoms with Crippen LogP contribution in [0.2, 0.25) is 0 Å². The van der Waals surface area contributed by atoms with E-state index in [0.29, 0.717) is 0 Å². The highest BCUT2D eigenvalue weighted by atomic mass is 16.3. The van der Waals surface area contributed by atoms with E-state index < -0.39 is 5.60 Å². The molecule has 26 heavy (non-hydrogen) atoms. The first-order valence-electron chi connectivity index (χ1n) is 8.87. The van der Waals surface area contributed by atoms with Gasteiger partial charge in [0.05, 0.1) is 17.0 Å². The molecular weight excluding hydrogens is 320 g/mol. The minimum atomic E-state index is -1.17. The first kappa shape index (κ1) is 16.6. The number of para-hydroxylation sites is 2. The standard InChI is InChI=1S/C23H22N2O/c1-17(22-24-20-15-9-10-16-21(20)25(22)2)23(26,18-11-5-3-6-12-18)19-13-7-4-8-14-19/h3-17,26H,1-2H3/t17-/m1/s1. The summed E-state index contributed by atoms with van der Waals surface area (Å²) in [5.74, 6) is 0.631. The third-order valence-corrected chi connectivity index (χ3v) is 5.26. The third-order valence-electron chi connectivity index (χ3n) is 5.26. The van der Waals surface area contributed by atoms with Crippen molar-refractivity contribution in [1.82, 2.24) is 9.55 Å². The van der Waals surface area contributed by atoms with E-state index >= 15 is 0 Å². The van der Waals surface area contributed by atoms with Gasteiger partial charge in [-0.3, -0.25) is 0 Å². The van der Waals surface area contributed by atoms with Crippen LogP contribution in [0, 0.1) is 0 Å². The molecule has 130 valence electrons. The van der Waals surface area contributed by atoms with E-state index in [-0.39, 0.29) is 5.92 Å². The number of nitrogens with zero attached hydrogens (tertiary/aromatic N) is 2. The minimum absolute atomic E-state index is 0.232. The summed E-state index contributed by atoms with van der Waals surface area (Å²) in [5, 5.41) is 12.0. The maximum Gasteiger partial charge on any atom is 0.124 e. The van der Waals surface area contributed by atoms with Gasteiger partial charge >= 0.3 is 0 Å². The van der Waals surface area contributed by atoms with Gasteiger partial charge in [0.2, 0.25) is 0 Å². The fraction of sp³-hybridized carbons (Fsp3) is 0.174. The van der Waals surface area contributed by atoms with Crippen molar-refractivity contribution < 1.29 is 5.11 Å². The highest BCUT2D eigenvalue weighted by Crippen LogP contribution is 2.42. The van der Waals surface area contributed by atoms with Crippen LogP contribution in [0.5, 0.6) is 0 Å². The fourth-order valence-electron chi connectivity index (χ4n) is 3.79. The van der Waals surface area contributed by atoms with Crippen LogP contribution in [0.1, 0.15) is 29.8 Å². The van der Waals surface area contributed by atoms with Crippen LogP contribution in [0.4, 0.5) is 0 Å². The molecule has 0 saturated heterocycles. The summed E-state index contributed by atoms with van der Waals surface area (Å²) in [6.07, 6.45) is 0. The Labute approximate surface area is 153 Å². The zero-order valence-electron chi connectivity index (χ0n) is 15.0. The van der Waals surface area contributed by atoms with Crippen molar-refractivity contribution in [2.75, 3.05) is 0 Å². The van der Waals surface area contributed by atoms with Crippen molar-refractivity contribution in [2.45, 2.75) is 18.4 Å². The van der Waals surface area contributed by atoms with Gasteiger partial charge in [-0.1, -0.05) is 79.7 Å². The summed E-state index contributed by atoms with van der Waals surface area (Å²) in [5.41, 5.74) is 2.58. The highest BCUT2D eigenvalue weighted by molar-refractivity contribution is 5.76. The SMILES string of the molecule is C[C@H](c1nc2ccccc2n1C)C(O)(c1ccccc1)c1ccccc1. The Morgan fingerprint density at radius 1 is 0.808 bits per heavy atom. The maximum absolute atomic E-state index is 12.0. The van der Waals surface area contributed by atoms with E-state index in [1.165, 1.54) is 0 Å². The van der Waals surface area contributed by atoms with Gasteiger partial charge in [-0.2, -0.15) is 0 Å². The largest absolute Gasteiger partial charge is 0.380 e. The Bertz CT molecular complexity index is 982. The highest BCUT2D eigenvalue weighted by Gasteiger charge is 2.40. The molecule has 0 saturated carbocycles. The van der Waals surface area contributed by atoms with Crippen LogP contribution in [0.25, 0.3) is 11.0 Å². The molecule has 0 bridgehead atoms. The average molecular weight is 342 g/mol. The van der Waals surface area contributed by atoms with Crippen molar-refractivity contribution in [2.24, 2.45) is 7.05 Å². The molecule has 0 unspecified atom stereocenters. The van der Waals surface area contributed by atoms with Gasteiger partial charge < -0.3 is 9.67 Å². The van der Waals surface area contributed by atoms with E-state index in [4.69, 9.17) is 4.98 Å². The van der Waals surface area contributed by atoms with E-state index in [1.807, 2.05) is 92.8 Å². The quantitative estimate of drug-likeness (QED) is 0.588. The molecule has 3 nitrogen and oxygen atoms in total. The Hall–Kier alpha value is -2.91. The molecule has 0 amide bonds. The number of fused-ring (bicyclic) bond motifs is 1. The van der Waals surface area contributed by atoms with E-state index in [2.05, 4.69) is 10.6 Å². The number of imidazole rings is 1. The second-order valence-corrected chi connectivity index (χ2v) is 6.74. The zero-order valence-corrected chi connectivity index (χ0v) is 15.0. The van der Waals surface area contributed by atoms with Crippen LogP contribution < -0.4 is 0 Å². The Kier molecular flexibility index (Phi) is 4.09. The summed E-state index contributed by atoms with van der Waals surface area (Å²) in [7, 11) is 2.01. The van der Waals surface area contributed by atoms with Gasteiger partial charge in [-0.15, -0.1) is 0 Å². The summed E-state index contributed by atoms with van der Waals surface area (Å²) < 4.78 is 2.08. The van der Waals surface area contributed by atoms with Gasteiger partial charge in [0.15, 0.2) is 0 Å². The van der Waals surface area contributed by atoms with Gasteiger partial charge in [0.1, 0.15) is 11.4 Å². The molecule has 4 rings (SSSR count). The molecule has 1 heterocycles. The smallest absolute Gasteiger partial charge is 0.124 e. The predicted octanol–water partition coefficient (Wildman–Crippen LogP) is 4.61. The summed E-state index contributed by atoms with van der Waals surface area (Å²) in [4.78, 5) is 4.83. The molecule has 4 aromatic rings. The number of hydrogen-bond acceptors (Lipinski definition) is 2. The van der Waals surface area contributed by atoms with Gasteiger partial charge in [0, 0.05) is 7.05 Å². The lowest BCUT2D eigenvalue weighted by molar-refractivity contribution is 0.0518. The number of rotatable bonds is 4.